The Morgan fingerprint density at radius 3 is 2.50 bits per heavy atom. The quantitative estimate of drug-likeness (QED) is 0.662. The first-order valence-corrected chi connectivity index (χ1v) is 7.06. The van der Waals surface area contributed by atoms with Gasteiger partial charge in [-0.1, -0.05) is 0 Å². The Bertz CT molecular complexity index is 584. The van der Waals surface area contributed by atoms with Gasteiger partial charge in [0.05, 0.1) is 0 Å². The minimum Gasteiger partial charge on any atom is -0.477 e. The highest BCUT2D eigenvalue weighted by Crippen LogP contribution is 2.15. The van der Waals surface area contributed by atoms with Crippen molar-refractivity contribution in [3.05, 3.63) is 18.0 Å². The van der Waals surface area contributed by atoms with Crippen molar-refractivity contribution in [2.24, 2.45) is 0 Å². The fraction of sp³-hybridized carbons (Fsp3) is 0.500. The molecular weight excluding hydrogens is 298 g/mol. The lowest BCUT2D eigenvalue weighted by Gasteiger charge is -2.10. The molecule has 0 radical (unpaired) electrons. The van der Waals surface area contributed by atoms with E-state index in [9.17, 15) is 22.0 Å². The molecule has 7 nitrogen and oxygen atoms in total. The van der Waals surface area contributed by atoms with E-state index < -0.39 is 35.1 Å². The molecule has 0 amide bonds. The summed E-state index contributed by atoms with van der Waals surface area (Å²) in [6, 6.07) is 0.920. The lowest BCUT2D eigenvalue weighted by atomic mass is 10.4. The summed E-state index contributed by atoms with van der Waals surface area (Å²) in [4.78, 5) is 10.5. The molecule has 0 aliphatic rings. The third-order valence-corrected chi connectivity index (χ3v) is 3.91. The fourth-order valence-corrected chi connectivity index (χ4v) is 2.53. The molecular formula is C10H14F2N2O5S. The number of sulfonamides is 1. The van der Waals surface area contributed by atoms with E-state index in [1.807, 2.05) is 0 Å². The van der Waals surface area contributed by atoms with E-state index in [0.29, 0.717) is 0 Å². The monoisotopic (exact) mass is 312 g/mol. The summed E-state index contributed by atoms with van der Waals surface area (Å²) >= 11 is 0. The van der Waals surface area contributed by atoms with Crippen LogP contribution in [0.1, 0.15) is 17.4 Å². The second-order valence-corrected chi connectivity index (χ2v) is 5.67. The van der Waals surface area contributed by atoms with E-state index in [1.165, 1.54) is 4.57 Å². The summed E-state index contributed by atoms with van der Waals surface area (Å²) < 4.78 is 50.7. The molecule has 0 saturated heterocycles. The number of carboxylic acids is 1. The van der Waals surface area contributed by atoms with Crippen LogP contribution in [0.5, 0.6) is 0 Å². The van der Waals surface area contributed by atoms with Crippen LogP contribution in [0.3, 0.4) is 0 Å². The standard InChI is InChI=1S/C10H14F2N2O5S/c1-2-14-5-6(3-7(14)10(16)17)20(18,19)13-4-8(15)9(11)12/h3,5,8-9,13,15H,2,4H2,1H3,(H,16,17). The summed E-state index contributed by atoms with van der Waals surface area (Å²) in [5.74, 6) is -1.30. The number of carboxylic acid groups (broad SMARTS) is 1. The van der Waals surface area contributed by atoms with E-state index in [0.717, 1.165) is 12.3 Å². The fourth-order valence-electron chi connectivity index (χ4n) is 1.44. The van der Waals surface area contributed by atoms with Gasteiger partial charge in [-0.3, -0.25) is 0 Å². The van der Waals surface area contributed by atoms with Gasteiger partial charge in [-0.25, -0.2) is 26.7 Å². The lowest BCUT2D eigenvalue weighted by molar-refractivity contribution is -0.000452. The summed E-state index contributed by atoms with van der Waals surface area (Å²) in [5.41, 5.74) is -0.234. The molecule has 0 saturated carbocycles. The molecule has 0 aliphatic heterocycles. The average Bonchev–Trinajstić information content (AvgIpc) is 2.80. The van der Waals surface area contributed by atoms with Crippen LogP contribution in [0.4, 0.5) is 8.78 Å². The minimum atomic E-state index is -4.16. The lowest BCUT2D eigenvalue weighted by Crippen LogP contribution is -2.35. The van der Waals surface area contributed by atoms with Crippen molar-refractivity contribution < 1.29 is 32.2 Å². The number of hydrogen-bond donors (Lipinski definition) is 3. The maximum atomic E-state index is 12.1. The highest BCUT2D eigenvalue weighted by molar-refractivity contribution is 7.89. The molecule has 1 unspecified atom stereocenters. The van der Waals surface area contributed by atoms with Crippen LogP contribution in [0.15, 0.2) is 17.2 Å². The molecule has 1 rings (SSSR count). The summed E-state index contributed by atoms with van der Waals surface area (Å²) in [5, 5.41) is 17.7. The Kier molecular flexibility index (Phi) is 5.20. The number of carbonyl (C=O) groups is 1. The number of aliphatic hydroxyl groups is 1. The van der Waals surface area contributed by atoms with E-state index in [4.69, 9.17) is 10.2 Å². The van der Waals surface area contributed by atoms with Gasteiger partial charge in [-0.2, -0.15) is 0 Å². The Hall–Kier alpha value is -1.52. The molecule has 3 N–H and O–H groups in total. The van der Waals surface area contributed by atoms with Crippen molar-refractivity contribution in [3.63, 3.8) is 0 Å². The third kappa shape index (κ3) is 3.74. The van der Waals surface area contributed by atoms with Gasteiger partial charge in [-0.05, 0) is 13.0 Å². The Labute approximate surface area is 113 Å². The van der Waals surface area contributed by atoms with Crippen molar-refractivity contribution >= 4 is 16.0 Å². The first kappa shape index (κ1) is 16.5. The smallest absolute Gasteiger partial charge is 0.352 e. The summed E-state index contributed by atoms with van der Waals surface area (Å²) in [7, 11) is -4.16. The Balaban J connectivity index is 2.96. The van der Waals surface area contributed by atoms with Gasteiger partial charge in [0.25, 0.3) is 6.43 Å². The van der Waals surface area contributed by atoms with Crippen LogP contribution in [0.2, 0.25) is 0 Å². The van der Waals surface area contributed by atoms with Gasteiger partial charge in [0.1, 0.15) is 16.7 Å². The zero-order valence-electron chi connectivity index (χ0n) is 10.5. The van der Waals surface area contributed by atoms with Gasteiger partial charge in [0.2, 0.25) is 10.0 Å². The molecule has 0 fully saturated rings. The molecule has 10 heteroatoms. The van der Waals surface area contributed by atoms with Crippen LogP contribution in [-0.2, 0) is 16.6 Å². The van der Waals surface area contributed by atoms with Gasteiger partial charge in [-0.15, -0.1) is 0 Å². The number of nitrogens with zero attached hydrogens (tertiary/aromatic N) is 1. The highest BCUT2D eigenvalue weighted by Gasteiger charge is 2.24. The van der Waals surface area contributed by atoms with E-state index in [1.54, 1.807) is 11.6 Å². The first-order chi connectivity index (χ1) is 9.19. The topological polar surface area (TPSA) is 109 Å². The molecule has 1 atom stereocenters. The second kappa shape index (κ2) is 6.29. The predicted octanol–water partition coefficient (Wildman–Crippen LogP) is 0.110. The second-order valence-electron chi connectivity index (χ2n) is 3.91. The number of aromatic nitrogens is 1. The van der Waals surface area contributed by atoms with Crippen molar-refractivity contribution in [2.75, 3.05) is 6.54 Å². The maximum absolute atomic E-state index is 12.1. The molecule has 1 aromatic heterocycles. The highest BCUT2D eigenvalue weighted by atomic mass is 32.2. The minimum absolute atomic E-state index is 0.233. The van der Waals surface area contributed by atoms with Crippen molar-refractivity contribution in [1.82, 2.24) is 9.29 Å². The Morgan fingerprint density at radius 1 is 1.50 bits per heavy atom. The molecule has 0 aromatic carbocycles. The van der Waals surface area contributed by atoms with E-state index >= 15 is 0 Å². The number of aromatic carboxylic acids is 1. The van der Waals surface area contributed by atoms with Gasteiger partial charge >= 0.3 is 5.97 Å². The molecule has 0 bridgehead atoms. The van der Waals surface area contributed by atoms with Crippen molar-refractivity contribution in [1.29, 1.82) is 0 Å². The number of halogens is 2. The number of rotatable bonds is 7. The van der Waals surface area contributed by atoms with E-state index in [2.05, 4.69) is 0 Å². The number of aryl methyl sites for hydroxylation is 1. The van der Waals surface area contributed by atoms with Crippen LogP contribution in [-0.4, -0.2) is 48.2 Å². The molecule has 1 aromatic rings. The SMILES string of the molecule is CCn1cc(S(=O)(=O)NCC(O)C(F)F)cc1C(=O)O. The molecule has 114 valence electrons. The maximum Gasteiger partial charge on any atom is 0.352 e. The molecule has 20 heavy (non-hydrogen) atoms. The number of alkyl halides is 2. The Morgan fingerprint density at radius 2 is 2.10 bits per heavy atom. The average molecular weight is 312 g/mol. The van der Waals surface area contributed by atoms with E-state index in [-0.39, 0.29) is 17.1 Å². The van der Waals surface area contributed by atoms with Crippen LogP contribution >= 0.6 is 0 Å². The molecule has 0 spiro atoms. The number of hydrogen-bond acceptors (Lipinski definition) is 4. The largest absolute Gasteiger partial charge is 0.477 e. The predicted molar refractivity (Wildman–Crippen MR) is 64.3 cm³/mol. The zero-order valence-corrected chi connectivity index (χ0v) is 11.3. The zero-order chi connectivity index (χ0) is 15.5. The third-order valence-electron chi connectivity index (χ3n) is 2.51. The summed E-state index contributed by atoms with van der Waals surface area (Å²) in [6.45, 7) is 0.993. The number of aliphatic hydroxyl groups excluding tert-OH is 1. The van der Waals surface area contributed by atoms with Gasteiger partial charge in [0, 0.05) is 19.3 Å². The first-order valence-electron chi connectivity index (χ1n) is 5.58. The van der Waals surface area contributed by atoms with Crippen LogP contribution in [0, 0.1) is 0 Å². The number of nitrogens with one attached hydrogen (secondary N) is 1. The van der Waals surface area contributed by atoms with Gasteiger partial charge < -0.3 is 14.8 Å². The molecule has 0 aliphatic carbocycles. The van der Waals surface area contributed by atoms with Crippen LogP contribution < -0.4 is 4.72 Å². The van der Waals surface area contributed by atoms with Crippen LogP contribution in [0.25, 0.3) is 0 Å². The van der Waals surface area contributed by atoms with Crippen molar-refractivity contribution in [3.8, 4) is 0 Å². The van der Waals surface area contributed by atoms with Gasteiger partial charge in [0.15, 0.2) is 0 Å². The normalized spacial score (nSPS) is 13.7. The summed E-state index contributed by atoms with van der Waals surface area (Å²) in [6.07, 6.45) is -4.12. The van der Waals surface area contributed by atoms with Crippen molar-refractivity contribution in [2.45, 2.75) is 30.9 Å². The molecule has 1 heterocycles.